The van der Waals surface area contributed by atoms with Crippen LogP contribution in [0.2, 0.25) is 0 Å². The van der Waals surface area contributed by atoms with Gasteiger partial charge in [-0.3, -0.25) is 0 Å². The second kappa shape index (κ2) is 5.69. The summed E-state index contributed by atoms with van der Waals surface area (Å²) in [5.74, 6) is 1.62. The molecule has 1 aliphatic rings. The molecule has 0 fully saturated rings. The molecule has 0 saturated carbocycles. The third-order valence-corrected chi connectivity index (χ3v) is 3.74. The third-order valence-electron chi connectivity index (χ3n) is 3.74. The van der Waals surface area contributed by atoms with Gasteiger partial charge in [0.1, 0.15) is 0 Å². The average Bonchev–Trinajstić information content (AvgIpc) is 2.18. The Labute approximate surface area is 95.3 Å². The summed E-state index contributed by atoms with van der Waals surface area (Å²) in [5, 5.41) is 3.63. The fraction of sp³-hybridized carbons (Fsp3) is 0.857. The molecule has 0 heterocycles. The molecule has 1 N–H and O–H groups in total. The van der Waals surface area contributed by atoms with Crippen molar-refractivity contribution in [3.8, 4) is 0 Å². The Kier molecular flexibility index (Phi) is 4.85. The molecule has 0 radical (unpaired) electrons. The Morgan fingerprint density at radius 3 is 2.60 bits per heavy atom. The maximum absolute atomic E-state index is 3.63. The first kappa shape index (κ1) is 12.8. The molecular formula is C14H27N. The van der Waals surface area contributed by atoms with E-state index in [9.17, 15) is 0 Å². The molecule has 1 heteroatoms. The van der Waals surface area contributed by atoms with Crippen molar-refractivity contribution in [3.05, 3.63) is 12.2 Å². The summed E-state index contributed by atoms with van der Waals surface area (Å²) in [6.45, 7) is 11.7. The van der Waals surface area contributed by atoms with Crippen molar-refractivity contribution in [2.45, 2.75) is 47.0 Å². The van der Waals surface area contributed by atoms with Gasteiger partial charge in [-0.25, -0.2) is 0 Å². The van der Waals surface area contributed by atoms with Gasteiger partial charge in [-0.1, -0.05) is 39.8 Å². The molecule has 15 heavy (non-hydrogen) atoms. The Morgan fingerprint density at radius 2 is 2.07 bits per heavy atom. The Bertz CT molecular complexity index is 200. The van der Waals surface area contributed by atoms with Gasteiger partial charge in [0.15, 0.2) is 0 Å². The first-order chi connectivity index (χ1) is 7.00. The smallest absolute Gasteiger partial charge is 0.00173 e. The van der Waals surface area contributed by atoms with Gasteiger partial charge in [-0.05, 0) is 49.6 Å². The van der Waals surface area contributed by atoms with Gasteiger partial charge in [-0.2, -0.15) is 0 Å². The van der Waals surface area contributed by atoms with E-state index in [0.29, 0.717) is 5.41 Å². The van der Waals surface area contributed by atoms with Gasteiger partial charge in [0.2, 0.25) is 0 Å². The van der Waals surface area contributed by atoms with Crippen LogP contribution in [0.1, 0.15) is 47.0 Å². The zero-order valence-electron chi connectivity index (χ0n) is 10.8. The number of rotatable bonds is 4. The Morgan fingerprint density at radius 1 is 1.33 bits per heavy atom. The Hall–Kier alpha value is -0.300. The van der Waals surface area contributed by atoms with E-state index < -0.39 is 0 Å². The molecule has 0 aromatic heterocycles. The van der Waals surface area contributed by atoms with Crippen LogP contribution in [0.15, 0.2) is 12.2 Å². The van der Waals surface area contributed by atoms with E-state index in [1.807, 2.05) is 0 Å². The quantitative estimate of drug-likeness (QED) is 0.697. The van der Waals surface area contributed by atoms with Crippen molar-refractivity contribution >= 4 is 0 Å². The van der Waals surface area contributed by atoms with Crippen molar-refractivity contribution < 1.29 is 0 Å². The van der Waals surface area contributed by atoms with E-state index in [-0.39, 0.29) is 0 Å². The second-order valence-corrected chi connectivity index (χ2v) is 6.08. The van der Waals surface area contributed by atoms with Crippen molar-refractivity contribution in [2.75, 3.05) is 13.1 Å². The van der Waals surface area contributed by atoms with Gasteiger partial charge in [0.05, 0.1) is 0 Å². The highest BCUT2D eigenvalue weighted by Crippen LogP contribution is 2.24. The lowest BCUT2D eigenvalue weighted by Gasteiger charge is -2.28. The molecule has 2 unspecified atom stereocenters. The molecular weight excluding hydrogens is 182 g/mol. The highest BCUT2D eigenvalue weighted by atomic mass is 14.9. The molecule has 0 aromatic carbocycles. The van der Waals surface area contributed by atoms with Crippen LogP contribution >= 0.6 is 0 Å². The SMILES string of the molecule is CC(CNCC1CC=CCC1)C(C)(C)C. The van der Waals surface area contributed by atoms with E-state index >= 15 is 0 Å². The molecule has 1 aliphatic carbocycles. The van der Waals surface area contributed by atoms with Crippen LogP contribution in [0.5, 0.6) is 0 Å². The molecule has 0 aromatic rings. The summed E-state index contributed by atoms with van der Waals surface area (Å²) in [4.78, 5) is 0. The maximum atomic E-state index is 3.63. The summed E-state index contributed by atoms with van der Waals surface area (Å²) < 4.78 is 0. The minimum atomic E-state index is 0.430. The molecule has 0 bridgehead atoms. The molecule has 1 nitrogen and oxygen atoms in total. The van der Waals surface area contributed by atoms with Gasteiger partial charge < -0.3 is 5.32 Å². The highest BCUT2D eigenvalue weighted by molar-refractivity contribution is 4.90. The first-order valence-electron chi connectivity index (χ1n) is 6.36. The fourth-order valence-corrected chi connectivity index (χ4v) is 1.85. The maximum Gasteiger partial charge on any atom is -0.00173 e. The molecule has 2 atom stereocenters. The van der Waals surface area contributed by atoms with Crippen LogP contribution in [-0.4, -0.2) is 13.1 Å². The van der Waals surface area contributed by atoms with Crippen LogP contribution in [0.4, 0.5) is 0 Å². The zero-order chi connectivity index (χ0) is 11.3. The largest absolute Gasteiger partial charge is 0.316 e. The van der Waals surface area contributed by atoms with E-state index in [0.717, 1.165) is 18.4 Å². The summed E-state index contributed by atoms with van der Waals surface area (Å²) in [5.41, 5.74) is 0.430. The molecule has 88 valence electrons. The lowest BCUT2D eigenvalue weighted by atomic mass is 9.82. The van der Waals surface area contributed by atoms with Crippen LogP contribution in [-0.2, 0) is 0 Å². The first-order valence-corrected chi connectivity index (χ1v) is 6.36. The van der Waals surface area contributed by atoms with Gasteiger partial charge in [0.25, 0.3) is 0 Å². The third kappa shape index (κ3) is 4.83. The summed E-state index contributed by atoms with van der Waals surface area (Å²) in [6, 6.07) is 0. The van der Waals surface area contributed by atoms with Crippen LogP contribution in [0.25, 0.3) is 0 Å². The van der Waals surface area contributed by atoms with Crippen molar-refractivity contribution in [3.63, 3.8) is 0 Å². The molecule has 0 aliphatic heterocycles. The van der Waals surface area contributed by atoms with E-state index in [4.69, 9.17) is 0 Å². The van der Waals surface area contributed by atoms with Crippen molar-refractivity contribution in [1.29, 1.82) is 0 Å². The van der Waals surface area contributed by atoms with Gasteiger partial charge >= 0.3 is 0 Å². The Balaban J connectivity index is 2.13. The van der Waals surface area contributed by atoms with E-state index in [1.54, 1.807) is 0 Å². The molecule has 0 amide bonds. The molecule has 0 spiro atoms. The minimum absolute atomic E-state index is 0.430. The van der Waals surface area contributed by atoms with Crippen LogP contribution < -0.4 is 5.32 Å². The number of nitrogens with one attached hydrogen (secondary N) is 1. The monoisotopic (exact) mass is 209 g/mol. The summed E-state index contributed by atoms with van der Waals surface area (Å²) >= 11 is 0. The van der Waals surface area contributed by atoms with Gasteiger partial charge in [-0.15, -0.1) is 0 Å². The van der Waals surface area contributed by atoms with Crippen LogP contribution in [0, 0.1) is 17.3 Å². The predicted molar refractivity (Wildman–Crippen MR) is 68.0 cm³/mol. The van der Waals surface area contributed by atoms with Crippen molar-refractivity contribution in [2.24, 2.45) is 17.3 Å². The standard InChI is InChI=1S/C14H27N/c1-12(14(2,3)4)10-15-11-13-8-6-5-7-9-13/h5-6,12-13,15H,7-11H2,1-4H3. The van der Waals surface area contributed by atoms with E-state index in [1.165, 1.54) is 25.8 Å². The highest BCUT2D eigenvalue weighted by Gasteiger charge is 2.19. The van der Waals surface area contributed by atoms with Crippen LogP contribution in [0.3, 0.4) is 0 Å². The van der Waals surface area contributed by atoms with E-state index in [2.05, 4.69) is 45.2 Å². The topological polar surface area (TPSA) is 12.0 Å². The lowest BCUT2D eigenvalue weighted by molar-refractivity contribution is 0.248. The normalized spacial score (nSPS) is 24.1. The zero-order valence-corrected chi connectivity index (χ0v) is 10.8. The molecule has 0 saturated heterocycles. The molecule has 1 rings (SSSR count). The lowest BCUT2D eigenvalue weighted by Crippen LogP contribution is -2.32. The predicted octanol–water partition coefficient (Wildman–Crippen LogP) is 3.61. The average molecular weight is 209 g/mol. The summed E-state index contributed by atoms with van der Waals surface area (Å²) in [7, 11) is 0. The minimum Gasteiger partial charge on any atom is -0.316 e. The fourth-order valence-electron chi connectivity index (χ4n) is 1.85. The summed E-state index contributed by atoms with van der Waals surface area (Å²) in [6.07, 6.45) is 8.57. The van der Waals surface area contributed by atoms with Gasteiger partial charge in [0, 0.05) is 0 Å². The number of allylic oxidation sites excluding steroid dienone is 2. The second-order valence-electron chi connectivity index (χ2n) is 6.08. The number of hydrogen-bond donors (Lipinski definition) is 1. The van der Waals surface area contributed by atoms with Crippen molar-refractivity contribution in [1.82, 2.24) is 5.32 Å². The number of hydrogen-bond acceptors (Lipinski definition) is 1.